The Morgan fingerprint density at radius 1 is 1.09 bits per heavy atom. The second-order valence-corrected chi connectivity index (χ2v) is 6.99. The van der Waals surface area contributed by atoms with Gasteiger partial charge in [0.25, 0.3) is 0 Å². The molecule has 1 aliphatic carbocycles. The molecular weight excluding hydrogens is 280 g/mol. The van der Waals surface area contributed by atoms with Crippen LogP contribution in [0.1, 0.15) is 38.5 Å². The van der Waals surface area contributed by atoms with Crippen LogP contribution in [0, 0.1) is 11.8 Å². The number of urea groups is 1. The van der Waals surface area contributed by atoms with E-state index < -0.39 is 0 Å². The van der Waals surface area contributed by atoms with Crippen LogP contribution in [-0.2, 0) is 4.79 Å². The predicted octanol–water partition coefficient (Wildman–Crippen LogP) is 0.686. The van der Waals surface area contributed by atoms with E-state index in [-0.39, 0.29) is 17.9 Å². The van der Waals surface area contributed by atoms with E-state index >= 15 is 0 Å². The van der Waals surface area contributed by atoms with E-state index in [2.05, 4.69) is 16.0 Å². The fraction of sp³-hybridized carbons (Fsp3) is 0.875. The van der Waals surface area contributed by atoms with E-state index in [9.17, 15) is 9.59 Å². The number of carbonyl (C=O) groups excluding carboxylic acids is 2. The maximum Gasteiger partial charge on any atom is 0.317 e. The van der Waals surface area contributed by atoms with Crippen LogP contribution in [0.2, 0.25) is 0 Å². The predicted molar refractivity (Wildman–Crippen MR) is 84.5 cm³/mol. The Labute approximate surface area is 132 Å². The molecule has 3 amide bonds. The van der Waals surface area contributed by atoms with Gasteiger partial charge in [0.1, 0.15) is 0 Å². The smallest absolute Gasteiger partial charge is 0.317 e. The van der Waals surface area contributed by atoms with Crippen molar-refractivity contribution in [1.82, 2.24) is 20.9 Å². The number of rotatable bonds is 4. The van der Waals surface area contributed by atoms with Crippen LogP contribution < -0.4 is 16.0 Å². The Kier molecular flexibility index (Phi) is 5.18. The first-order chi connectivity index (χ1) is 10.7. The summed E-state index contributed by atoms with van der Waals surface area (Å²) in [5.74, 6) is 0.649. The van der Waals surface area contributed by atoms with E-state index in [0.717, 1.165) is 51.9 Å². The molecule has 2 saturated heterocycles. The van der Waals surface area contributed by atoms with Gasteiger partial charge in [0, 0.05) is 44.7 Å². The molecule has 22 heavy (non-hydrogen) atoms. The number of carbonyl (C=O) groups is 2. The molecule has 6 heteroatoms. The molecule has 1 unspecified atom stereocenters. The Hall–Kier alpha value is -1.30. The number of likely N-dealkylation sites (tertiary alicyclic amines) is 1. The van der Waals surface area contributed by atoms with Crippen LogP contribution >= 0.6 is 0 Å². The molecule has 2 aliphatic heterocycles. The SMILES string of the molecule is O=C(NCC1CNC1)C1CCCN(C(=O)NC2CCCC2)C1. The van der Waals surface area contributed by atoms with Crippen LogP contribution in [0.15, 0.2) is 0 Å². The highest BCUT2D eigenvalue weighted by Gasteiger charge is 2.30. The third-order valence-corrected chi connectivity index (χ3v) is 5.19. The van der Waals surface area contributed by atoms with Crippen molar-refractivity contribution in [3.8, 4) is 0 Å². The summed E-state index contributed by atoms with van der Waals surface area (Å²) in [6.45, 7) is 4.10. The number of nitrogens with one attached hydrogen (secondary N) is 3. The molecule has 1 atom stereocenters. The molecule has 3 fully saturated rings. The maximum atomic E-state index is 12.3. The molecule has 6 nitrogen and oxygen atoms in total. The average molecular weight is 308 g/mol. The molecule has 3 rings (SSSR count). The molecule has 3 N–H and O–H groups in total. The molecule has 2 heterocycles. The molecule has 0 aromatic heterocycles. The Bertz CT molecular complexity index is 405. The van der Waals surface area contributed by atoms with Gasteiger partial charge >= 0.3 is 6.03 Å². The normalized spacial score (nSPS) is 26.5. The van der Waals surface area contributed by atoms with Crippen molar-refractivity contribution >= 4 is 11.9 Å². The van der Waals surface area contributed by atoms with Gasteiger partial charge in [-0.1, -0.05) is 12.8 Å². The summed E-state index contributed by atoms with van der Waals surface area (Å²) in [7, 11) is 0. The van der Waals surface area contributed by atoms with Crippen LogP contribution in [0.25, 0.3) is 0 Å². The number of piperidine rings is 1. The lowest BCUT2D eigenvalue weighted by molar-refractivity contribution is -0.126. The second kappa shape index (κ2) is 7.31. The number of hydrogen-bond acceptors (Lipinski definition) is 3. The van der Waals surface area contributed by atoms with Gasteiger partial charge in [-0.15, -0.1) is 0 Å². The molecular formula is C16H28N4O2. The number of amides is 3. The molecule has 3 aliphatic rings. The molecule has 0 aromatic carbocycles. The highest BCUT2D eigenvalue weighted by atomic mass is 16.2. The summed E-state index contributed by atoms with van der Waals surface area (Å²) in [5.41, 5.74) is 0. The monoisotopic (exact) mass is 308 g/mol. The van der Waals surface area contributed by atoms with Gasteiger partial charge in [-0.25, -0.2) is 4.79 Å². The Morgan fingerprint density at radius 3 is 2.55 bits per heavy atom. The van der Waals surface area contributed by atoms with E-state index in [1.807, 2.05) is 4.90 Å². The zero-order chi connectivity index (χ0) is 15.4. The van der Waals surface area contributed by atoms with Gasteiger partial charge in [-0.2, -0.15) is 0 Å². The molecule has 0 aromatic rings. The summed E-state index contributed by atoms with van der Waals surface area (Å²) in [6, 6.07) is 0.361. The maximum absolute atomic E-state index is 12.3. The molecule has 0 bridgehead atoms. The van der Waals surface area contributed by atoms with Crippen molar-refractivity contribution in [3.05, 3.63) is 0 Å². The first kappa shape index (κ1) is 15.6. The van der Waals surface area contributed by atoms with Gasteiger partial charge in [-0.3, -0.25) is 4.79 Å². The summed E-state index contributed by atoms with van der Waals surface area (Å²) in [5, 5.41) is 9.38. The zero-order valence-corrected chi connectivity index (χ0v) is 13.3. The lowest BCUT2D eigenvalue weighted by atomic mass is 9.96. The average Bonchev–Trinajstić information content (AvgIpc) is 2.98. The quantitative estimate of drug-likeness (QED) is 0.715. The van der Waals surface area contributed by atoms with Crippen molar-refractivity contribution in [2.24, 2.45) is 11.8 Å². The largest absolute Gasteiger partial charge is 0.355 e. The van der Waals surface area contributed by atoms with Gasteiger partial charge in [-0.05, 0) is 25.7 Å². The molecule has 1 saturated carbocycles. The first-order valence-corrected chi connectivity index (χ1v) is 8.76. The highest BCUT2D eigenvalue weighted by molar-refractivity contribution is 5.81. The minimum absolute atomic E-state index is 0.0209. The van der Waals surface area contributed by atoms with Crippen molar-refractivity contribution in [1.29, 1.82) is 0 Å². The Balaban J connectivity index is 1.43. The van der Waals surface area contributed by atoms with Crippen molar-refractivity contribution in [2.45, 2.75) is 44.6 Å². The van der Waals surface area contributed by atoms with Crippen LogP contribution in [0.5, 0.6) is 0 Å². The van der Waals surface area contributed by atoms with Crippen molar-refractivity contribution in [3.63, 3.8) is 0 Å². The summed E-state index contributed by atoms with van der Waals surface area (Å²) >= 11 is 0. The van der Waals surface area contributed by atoms with E-state index in [0.29, 0.717) is 18.5 Å². The van der Waals surface area contributed by atoms with Crippen LogP contribution in [-0.4, -0.2) is 55.6 Å². The summed E-state index contributed by atoms with van der Waals surface area (Å²) < 4.78 is 0. The van der Waals surface area contributed by atoms with Crippen molar-refractivity contribution in [2.75, 3.05) is 32.7 Å². The fourth-order valence-electron chi connectivity index (χ4n) is 3.59. The second-order valence-electron chi connectivity index (χ2n) is 6.99. The first-order valence-electron chi connectivity index (χ1n) is 8.76. The van der Waals surface area contributed by atoms with E-state index in [1.165, 1.54) is 12.8 Å². The minimum atomic E-state index is -0.0453. The Morgan fingerprint density at radius 2 is 1.86 bits per heavy atom. The molecule has 124 valence electrons. The van der Waals surface area contributed by atoms with E-state index in [4.69, 9.17) is 0 Å². The number of hydrogen-bond donors (Lipinski definition) is 3. The van der Waals surface area contributed by atoms with Crippen LogP contribution in [0.4, 0.5) is 4.79 Å². The summed E-state index contributed by atoms with van der Waals surface area (Å²) in [6.07, 6.45) is 6.43. The lowest BCUT2D eigenvalue weighted by Crippen LogP contribution is -2.52. The standard InChI is InChI=1S/C16H28N4O2/c21-15(18-10-12-8-17-9-12)13-4-3-7-20(11-13)16(22)19-14-5-1-2-6-14/h12-14,17H,1-11H2,(H,18,21)(H,19,22). The fourth-order valence-corrected chi connectivity index (χ4v) is 3.59. The highest BCUT2D eigenvalue weighted by Crippen LogP contribution is 2.20. The van der Waals surface area contributed by atoms with E-state index in [1.54, 1.807) is 0 Å². The van der Waals surface area contributed by atoms with Gasteiger partial charge < -0.3 is 20.9 Å². The summed E-state index contributed by atoms with van der Waals surface area (Å²) in [4.78, 5) is 26.4. The molecule has 0 radical (unpaired) electrons. The van der Waals surface area contributed by atoms with Crippen LogP contribution in [0.3, 0.4) is 0 Å². The van der Waals surface area contributed by atoms with Gasteiger partial charge in [0.05, 0.1) is 5.92 Å². The third kappa shape index (κ3) is 3.91. The number of nitrogens with zero attached hydrogens (tertiary/aromatic N) is 1. The zero-order valence-electron chi connectivity index (χ0n) is 13.3. The van der Waals surface area contributed by atoms with Crippen molar-refractivity contribution < 1.29 is 9.59 Å². The minimum Gasteiger partial charge on any atom is -0.355 e. The third-order valence-electron chi connectivity index (χ3n) is 5.19. The lowest BCUT2D eigenvalue weighted by Gasteiger charge is -2.33. The molecule has 0 spiro atoms. The van der Waals surface area contributed by atoms with Gasteiger partial charge in [0.15, 0.2) is 0 Å². The topological polar surface area (TPSA) is 73.5 Å². The van der Waals surface area contributed by atoms with Gasteiger partial charge in [0.2, 0.25) is 5.91 Å².